The Kier molecular flexibility index (Phi) is 8.56. The summed E-state index contributed by atoms with van der Waals surface area (Å²) >= 11 is 0. The van der Waals surface area contributed by atoms with E-state index in [9.17, 15) is 0 Å². The van der Waals surface area contributed by atoms with E-state index < -0.39 is 0 Å². The summed E-state index contributed by atoms with van der Waals surface area (Å²) in [6.45, 7) is 3.36. The molecule has 0 unspecified atom stereocenters. The summed E-state index contributed by atoms with van der Waals surface area (Å²) in [6.07, 6.45) is 0. The quantitative estimate of drug-likeness (QED) is 0.165. The van der Waals surface area contributed by atoms with E-state index in [1.807, 2.05) is 54.6 Å². The number of rotatable bonds is 8. The normalized spacial score (nSPS) is 12.7. The predicted molar refractivity (Wildman–Crippen MR) is 203 cm³/mol. The Labute approximate surface area is 292 Å². The Bertz CT molecular complexity index is 2300. The van der Waals surface area contributed by atoms with Crippen LogP contribution in [0.5, 0.6) is 0 Å². The van der Waals surface area contributed by atoms with Crippen molar-refractivity contribution in [2.24, 2.45) is 9.98 Å². The van der Waals surface area contributed by atoms with E-state index in [0.717, 1.165) is 62.7 Å². The minimum Gasteiger partial charge on any atom is -0.332 e. The second-order valence-corrected chi connectivity index (χ2v) is 12.3. The molecule has 0 fully saturated rings. The molecular weight excluding hydrogens is 613 g/mol. The Balaban J connectivity index is 1.06. The highest BCUT2D eigenvalue weighted by atomic mass is 15.3. The molecule has 0 bridgehead atoms. The first-order chi connectivity index (χ1) is 24.7. The molecule has 6 aromatic carbocycles. The fourth-order valence-corrected chi connectivity index (χ4v) is 6.13. The van der Waals surface area contributed by atoms with Crippen LogP contribution in [0.2, 0.25) is 0 Å². The molecule has 1 aliphatic rings. The highest BCUT2D eigenvalue weighted by molar-refractivity contribution is 6.12. The number of hydrogen-bond donors (Lipinski definition) is 0. The van der Waals surface area contributed by atoms with Gasteiger partial charge in [0.25, 0.3) is 0 Å². The lowest BCUT2D eigenvalue weighted by Gasteiger charge is -2.28. The van der Waals surface area contributed by atoms with Crippen molar-refractivity contribution in [3.05, 3.63) is 186 Å². The Morgan fingerprint density at radius 3 is 1.56 bits per heavy atom. The van der Waals surface area contributed by atoms with Crippen LogP contribution in [-0.4, -0.2) is 38.2 Å². The number of aliphatic imine (C=N–C) groups is 2. The molecule has 0 amide bonds. The number of benzene rings is 6. The molecule has 1 aromatic heterocycles. The van der Waals surface area contributed by atoms with Gasteiger partial charge in [-0.1, -0.05) is 164 Å². The van der Waals surface area contributed by atoms with Gasteiger partial charge in [0.1, 0.15) is 12.5 Å². The summed E-state index contributed by atoms with van der Waals surface area (Å²) < 4.78 is 0. The highest BCUT2D eigenvalue weighted by Crippen LogP contribution is 2.29. The maximum Gasteiger partial charge on any atom is 0.164 e. The van der Waals surface area contributed by atoms with Gasteiger partial charge in [-0.3, -0.25) is 0 Å². The van der Waals surface area contributed by atoms with Gasteiger partial charge >= 0.3 is 0 Å². The average Bonchev–Trinajstić information content (AvgIpc) is 3.19. The van der Waals surface area contributed by atoms with E-state index >= 15 is 0 Å². The minimum atomic E-state index is 0.537. The molecule has 6 heteroatoms. The summed E-state index contributed by atoms with van der Waals surface area (Å²) in [4.78, 5) is 26.9. The van der Waals surface area contributed by atoms with E-state index in [2.05, 4.69) is 121 Å². The molecule has 0 saturated carbocycles. The average molecular weight is 647 g/mol. The summed E-state index contributed by atoms with van der Waals surface area (Å²) in [5.74, 6) is 3.63. The smallest absolute Gasteiger partial charge is 0.164 e. The van der Waals surface area contributed by atoms with Crippen molar-refractivity contribution in [1.82, 2.24) is 19.9 Å². The van der Waals surface area contributed by atoms with Crippen LogP contribution in [0, 0.1) is 6.92 Å². The monoisotopic (exact) mass is 646 g/mol. The molecule has 2 heterocycles. The summed E-state index contributed by atoms with van der Waals surface area (Å²) in [7, 11) is 0. The lowest BCUT2D eigenvalue weighted by molar-refractivity contribution is 0.422. The Morgan fingerprint density at radius 1 is 0.460 bits per heavy atom. The summed E-state index contributed by atoms with van der Waals surface area (Å²) in [5, 5.41) is 0. The maximum absolute atomic E-state index is 5.08. The van der Waals surface area contributed by atoms with Crippen LogP contribution in [-0.2, 0) is 6.54 Å². The molecule has 0 radical (unpaired) electrons. The highest BCUT2D eigenvalue weighted by Gasteiger charge is 2.20. The third-order valence-corrected chi connectivity index (χ3v) is 8.82. The van der Waals surface area contributed by atoms with Gasteiger partial charge in [0, 0.05) is 34.4 Å². The van der Waals surface area contributed by atoms with Crippen molar-refractivity contribution in [3.63, 3.8) is 0 Å². The molecule has 8 rings (SSSR count). The third-order valence-electron chi connectivity index (χ3n) is 8.82. The molecule has 0 spiro atoms. The van der Waals surface area contributed by atoms with Gasteiger partial charge in [0.15, 0.2) is 23.3 Å². The zero-order chi connectivity index (χ0) is 33.7. The molecule has 50 heavy (non-hydrogen) atoms. The first-order valence-electron chi connectivity index (χ1n) is 16.7. The first kappa shape index (κ1) is 30.8. The molecule has 1 aliphatic heterocycles. The standard InChI is InChI=1S/C44H34N6/c1-31-13-11-12-20-39(31)43-47-41(35-16-7-3-8-17-35)46-42(48-43)37-27-23-34(24-28-37)33-21-25-36(26-22-33)40-45-30-50(29-32-14-5-2-6-15-32)44(49-40)38-18-9-4-10-19-38/h2-28H,29-30H2,1H3. The van der Waals surface area contributed by atoms with Gasteiger partial charge in [-0.05, 0) is 29.2 Å². The number of nitrogens with zero attached hydrogens (tertiary/aromatic N) is 6. The number of aryl methyl sites for hydroxylation is 1. The second kappa shape index (κ2) is 13.9. The summed E-state index contributed by atoms with van der Waals surface area (Å²) in [6, 6.07) is 55.9. The first-order valence-corrected chi connectivity index (χ1v) is 16.7. The fraction of sp³-hybridized carbons (Fsp3) is 0.0682. The number of hydrogen-bond acceptors (Lipinski definition) is 6. The van der Waals surface area contributed by atoms with Gasteiger partial charge < -0.3 is 4.90 Å². The second-order valence-electron chi connectivity index (χ2n) is 12.3. The molecule has 0 saturated heterocycles. The lowest BCUT2D eigenvalue weighted by atomic mass is 10.0. The van der Waals surface area contributed by atoms with Crippen molar-refractivity contribution in [2.75, 3.05) is 6.67 Å². The third kappa shape index (κ3) is 6.60. The van der Waals surface area contributed by atoms with Gasteiger partial charge in [-0.15, -0.1) is 0 Å². The van der Waals surface area contributed by atoms with Crippen LogP contribution < -0.4 is 0 Å². The summed E-state index contributed by atoms with van der Waals surface area (Å²) in [5.41, 5.74) is 9.50. The fourth-order valence-electron chi connectivity index (χ4n) is 6.13. The topological polar surface area (TPSA) is 66.6 Å². The van der Waals surface area contributed by atoms with Crippen LogP contribution in [0.25, 0.3) is 45.3 Å². The van der Waals surface area contributed by atoms with Crippen LogP contribution in [0.3, 0.4) is 0 Å². The molecule has 0 atom stereocenters. The van der Waals surface area contributed by atoms with Crippen LogP contribution in [0.4, 0.5) is 0 Å². The molecule has 240 valence electrons. The van der Waals surface area contributed by atoms with Gasteiger partial charge in [-0.25, -0.2) is 24.9 Å². The molecule has 6 nitrogen and oxygen atoms in total. The van der Waals surface area contributed by atoms with Gasteiger partial charge in [0.2, 0.25) is 0 Å². The van der Waals surface area contributed by atoms with Crippen LogP contribution >= 0.6 is 0 Å². The molecule has 7 aromatic rings. The number of amidine groups is 2. The van der Waals surface area contributed by atoms with Crippen LogP contribution in [0.15, 0.2) is 174 Å². The van der Waals surface area contributed by atoms with E-state index in [0.29, 0.717) is 24.1 Å². The van der Waals surface area contributed by atoms with E-state index in [4.69, 9.17) is 24.9 Å². The molecule has 0 aliphatic carbocycles. The molecular formula is C44H34N6. The van der Waals surface area contributed by atoms with Crippen molar-refractivity contribution in [3.8, 4) is 45.3 Å². The van der Waals surface area contributed by atoms with Crippen molar-refractivity contribution in [1.29, 1.82) is 0 Å². The van der Waals surface area contributed by atoms with Crippen LogP contribution in [0.1, 0.15) is 22.3 Å². The van der Waals surface area contributed by atoms with Gasteiger partial charge in [0.05, 0.1) is 0 Å². The van der Waals surface area contributed by atoms with E-state index in [1.54, 1.807) is 0 Å². The predicted octanol–water partition coefficient (Wildman–Crippen LogP) is 9.51. The zero-order valence-corrected chi connectivity index (χ0v) is 27.7. The Morgan fingerprint density at radius 2 is 0.940 bits per heavy atom. The van der Waals surface area contributed by atoms with Gasteiger partial charge in [-0.2, -0.15) is 0 Å². The Hall–Kier alpha value is -6.53. The minimum absolute atomic E-state index is 0.537. The SMILES string of the molecule is Cc1ccccc1-c1nc(-c2ccccc2)nc(-c2ccc(-c3ccc(C4=NCN(Cc5ccccc5)C(c5ccccc5)=N4)cc3)cc2)n1. The van der Waals surface area contributed by atoms with Crippen molar-refractivity contribution >= 4 is 11.7 Å². The van der Waals surface area contributed by atoms with E-state index in [-0.39, 0.29) is 0 Å². The largest absolute Gasteiger partial charge is 0.332 e. The maximum atomic E-state index is 5.08. The lowest BCUT2D eigenvalue weighted by Crippen LogP contribution is -2.35. The van der Waals surface area contributed by atoms with Crippen molar-refractivity contribution < 1.29 is 0 Å². The van der Waals surface area contributed by atoms with Crippen molar-refractivity contribution in [2.45, 2.75) is 13.5 Å². The van der Waals surface area contributed by atoms with E-state index in [1.165, 1.54) is 5.56 Å². The number of aromatic nitrogens is 3. The molecule has 0 N–H and O–H groups in total. The zero-order valence-electron chi connectivity index (χ0n) is 27.7.